The van der Waals surface area contributed by atoms with E-state index in [2.05, 4.69) is 17.2 Å². The van der Waals surface area contributed by atoms with E-state index < -0.39 is 6.09 Å². The number of benzene rings is 1. The predicted octanol–water partition coefficient (Wildman–Crippen LogP) is 3.75. The number of anilines is 1. The van der Waals surface area contributed by atoms with Gasteiger partial charge in [-0.15, -0.1) is 0 Å². The summed E-state index contributed by atoms with van der Waals surface area (Å²) in [6, 6.07) is 10.8. The first-order valence-electron chi connectivity index (χ1n) is 8.97. The summed E-state index contributed by atoms with van der Waals surface area (Å²) in [5, 5.41) is 2.89. The van der Waals surface area contributed by atoms with Gasteiger partial charge >= 0.3 is 6.09 Å². The number of nitrogen functional groups attached to an aromatic ring is 1. The quantitative estimate of drug-likeness (QED) is 0.670. The SMILES string of the molecule is CCCCC(C)C(NC(=O)OCc1ccccc1)c1cc[nH]c(=O)c1N. The minimum atomic E-state index is -0.526. The topological polar surface area (TPSA) is 97.2 Å². The number of unbranched alkanes of at least 4 members (excludes halogenated alkanes) is 1. The van der Waals surface area contributed by atoms with Gasteiger partial charge in [-0.2, -0.15) is 0 Å². The van der Waals surface area contributed by atoms with Crippen LogP contribution >= 0.6 is 0 Å². The van der Waals surface area contributed by atoms with E-state index in [4.69, 9.17) is 10.5 Å². The van der Waals surface area contributed by atoms with Crippen LogP contribution in [0.25, 0.3) is 0 Å². The monoisotopic (exact) mass is 357 g/mol. The molecule has 1 amide bonds. The number of pyridine rings is 1. The third-order valence-corrected chi connectivity index (χ3v) is 4.44. The van der Waals surface area contributed by atoms with E-state index in [1.807, 2.05) is 37.3 Å². The van der Waals surface area contributed by atoms with Crippen LogP contribution in [0.4, 0.5) is 10.5 Å². The van der Waals surface area contributed by atoms with Crippen molar-refractivity contribution in [1.82, 2.24) is 10.3 Å². The summed E-state index contributed by atoms with van der Waals surface area (Å²) in [5.74, 6) is 0.114. The number of hydrogen-bond donors (Lipinski definition) is 3. The molecule has 1 heterocycles. The summed E-state index contributed by atoms with van der Waals surface area (Å²) in [7, 11) is 0. The number of ether oxygens (including phenoxy) is 1. The van der Waals surface area contributed by atoms with E-state index in [1.165, 1.54) is 0 Å². The molecule has 1 aromatic carbocycles. The first-order valence-corrected chi connectivity index (χ1v) is 8.97. The number of alkyl carbamates (subject to hydrolysis) is 1. The van der Waals surface area contributed by atoms with Gasteiger partial charge in [-0.1, -0.05) is 57.0 Å². The normalized spacial score (nSPS) is 13.0. The molecule has 0 aliphatic heterocycles. The summed E-state index contributed by atoms with van der Waals surface area (Å²) in [6.45, 7) is 4.34. The molecule has 1 aromatic heterocycles. The van der Waals surface area contributed by atoms with Crippen LogP contribution in [0.15, 0.2) is 47.4 Å². The van der Waals surface area contributed by atoms with Crippen molar-refractivity contribution in [2.75, 3.05) is 5.73 Å². The van der Waals surface area contributed by atoms with Crippen molar-refractivity contribution < 1.29 is 9.53 Å². The van der Waals surface area contributed by atoms with E-state index in [0.717, 1.165) is 24.8 Å². The molecule has 2 unspecified atom stereocenters. The van der Waals surface area contributed by atoms with Crippen LogP contribution in [0.2, 0.25) is 0 Å². The fourth-order valence-electron chi connectivity index (χ4n) is 2.89. The van der Waals surface area contributed by atoms with Crippen LogP contribution in [-0.4, -0.2) is 11.1 Å². The molecule has 4 N–H and O–H groups in total. The third kappa shape index (κ3) is 5.37. The Morgan fingerprint density at radius 2 is 2.00 bits per heavy atom. The number of carbonyl (C=O) groups excluding carboxylic acids is 1. The number of H-pyrrole nitrogens is 1. The molecule has 2 atom stereocenters. The van der Waals surface area contributed by atoms with E-state index in [-0.39, 0.29) is 29.8 Å². The highest BCUT2D eigenvalue weighted by Crippen LogP contribution is 2.28. The maximum atomic E-state index is 12.3. The number of amides is 1. The second-order valence-corrected chi connectivity index (χ2v) is 6.48. The molecule has 0 aliphatic rings. The number of rotatable bonds is 8. The van der Waals surface area contributed by atoms with E-state index in [9.17, 15) is 9.59 Å². The van der Waals surface area contributed by atoms with E-state index in [0.29, 0.717) is 5.56 Å². The third-order valence-electron chi connectivity index (χ3n) is 4.44. The van der Waals surface area contributed by atoms with E-state index in [1.54, 1.807) is 12.3 Å². The summed E-state index contributed by atoms with van der Waals surface area (Å²) >= 11 is 0. The van der Waals surface area contributed by atoms with Crippen LogP contribution in [0.3, 0.4) is 0 Å². The van der Waals surface area contributed by atoms with Crippen molar-refractivity contribution in [3.8, 4) is 0 Å². The van der Waals surface area contributed by atoms with Crippen molar-refractivity contribution in [3.05, 3.63) is 64.1 Å². The molecule has 6 heteroatoms. The number of nitrogens with one attached hydrogen (secondary N) is 2. The second-order valence-electron chi connectivity index (χ2n) is 6.48. The Hall–Kier alpha value is -2.76. The van der Waals surface area contributed by atoms with Crippen molar-refractivity contribution in [1.29, 1.82) is 0 Å². The Morgan fingerprint density at radius 3 is 2.69 bits per heavy atom. The molecule has 0 saturated carbocycles. The number of aromatic amines is 1. The molecule has 140 valence electrons. The molecule has 0 aliphatic carbocycles. The average Bonchev–Trinajstić information content (AvgIpc) is 2.66. The second kappa shape index (κ2) is 9.65. The lowest BCUT2D eigenvalue weighted by molar-refractivity contribution is 0.131. The maximum Gasteiger partial charge on any atom is 0.407 e. The molecular formula is C20H27N3O3. The zero-order chi connectivity index (χ0) is 18.9. The number of aromatic nitrogens is 1. The highest BCUT2D eigenvalue weighted by Gasteiger charge is 2.24. The van der Waals surface area contributed by atoms with Crippen molar-refractivity contribution in [3.63, 3.8) is 0 Å². The zero-order valence-corrected chi connectivity index (χ0v) is 15.3. The van der Waals surface area contributed by atoms with Gasteiger partial charge in [0.1, 0.15) is 12.3 Å². The Kier molecular flexibility index (Phi) is 7.26. The number of nitrogens with two attached hydrogens (primary N) is 1. The van der Waals surface area contributed by atoms with Gasteiger partial charge in [-0.3, -0.25) is 4.79 Å². The Bertz CT molecular complexity index is 758. The van der Waals surface area contributed by atoms with Crippen LogP contribution in [0.5, 0.6) is 0 Å². The average molecular weight is 357 g/mol. The smallest absolute Gasteiger partial charge is 0.407 e. The van der Waals surface area contributed by atoms with Gasteiger partial charge in [0, 0.05) is 11.8 Å². The standard InChI is InChI=1S/C20H27N3O3/c1-3-4-8-14(2)18(16-11-12-22-19(24)17(16)21)23-20(25)26-13-15-9-6-5-7-10-15/h5-7,9-12,14,18H,3-4,8,13,21H2,1-2H3,(H,22,24)(H,23,25). The van der Waals surface area contributed by atoms with Gasteiger partial charge in [-0.05, 0) is 24.0 Å². The molecule has 6 nitrogen and oxygen atoms in total. The summed E-state index contributed by atoms with van der Waals surface area (Å²) in [6.07, 6.45) is 4.01. The van der Waals surface area contributed by atoms with Crippen LogP contribution in [0.1, 0.15) is 50.3 Å². The van der Waals surface area contributed by atoms with Gasteiger partial charge in [0.15, 0.2) is 0 Å². The fraction of sp³-hybridized carbons (Fsp3) is 0.400. The van der Waals surface area contributed by atoms with Crippen molar-refractivity contribution in [2.45, 2.75) is 45.8 Å². The fourth-order valence-corrected chi connectivity index (χ4v) is 2.89. The van der Waals surface area contributed by atoms with Gasteiger partial charge in [0.05, 0.1) is 6.04 Å². The molecular weight excluding hydrogens is 330 g/mol. The maximum absolute atomic E-state index is 12.3. The van der Waals surface area contributed by atoms with Crippen LogP contribution in [0, 0.1) is 5.92 Å². The number of hydrogen-bond acceptors (Lipinski definition) is 4. The molecule has 0 saturated heterocycles. The van der Waals surface area contributed by atoms with Crippen molar-refractivity contribution >= 4 is 11.8 Å². The summed E-state index contributed by atoms with van der Waals surface area (Å²) in [5.41, 5.74) is 7.26. The molecule has 0 spiro atoms. The summed E-state index contributed by atoms with van der Waals surface area (Å²) in [4.78, 5) is 26.7. The first kappa shape index (κ1) is 19.6. The molecule has 0 fully saturated rings. The molecule has 26 heavy (non-hydrogen) atoms. The molecule has 2 aromatic rings. The predicted molar refractivity (Wildman–Crippen MR) is 103 cm³/mol. The van der Waals surface area contributed by atoms with Crippen LogP contribution in [-0.2, 0) is 11.3 Å². The summed E-state index contributed by atoms with van der Waals surface area (Å²) < 4.78 is 5.33. The van der Waals surface area contributed by atoms with Gasteiger partial charge in [0.25, 0.3) is 5.56 Å². The number of carbonyl (C=O) groups is 1. The lowest BCUT2D eigenvalue weighted by Crippen LogP contribution is -2.34. The Morgan fingerprint density at radius 1 is 1.27 bits per heavy atom. The minimum Gasteiger partial charge on any atom is -0.445 e. The molecule has 0 bridgehead atoms. The van der Waals surface area contributed by atoms with Crippen molar-refractivity contribution in [2.24, 2.45) is 5.92 Å². The Labute approximate surface area is 153 Å². The largest absolute Gasteiger partial charge is 0.445 e. The Balaban J connectivity index is 2.11. The minimum absolute atomic E-state index is 0.114. The molecule has 2 rings (SSSR count). The van der Waals surface area contributed by atoms with Crippen LogP contribution < -0.4 is 16.6 Å². The first-order chi connectivity index (χ1) is 12.5. The lowest BCUT2D eigenvalue weighted by Gasteiger charge is -2.26. The highest BCUT2D eigenvalue weighted by atomic mass is 16.5. The highest BCUT2D eigenvalue weighted by molar-refractivity contribution is 5.68. The van der Waals surface area contributed by atoms with Gasteiger partial charge in [0.2, 0.25) is 0 Å². The molecule has 0 radical (unpaired) electrons. The lowest BCUT2D eigenvalue weighted by atomic mass is 9.90. The van der Waals surface area contributed by atoms with Gasteiger partial charge < -0.3 is 20.8 Å². The van der Waals surface area contributed by atoms with E-state index >= 15 is 0 Å². The van der Waals surface area contributed by atoms with Gasteiger partial charge in [-0.25, -0.2) is 4.79 Å². The zero-order valence-electron chi connectivity index (χ0n) is 15.3.